The number of esters is 1. The quantitative estimate of drug-likeness (QED) is 0.737. The Hall–Kier alpha value is -2.30. The zero-order chi connectivity index (χ0) is 15.9. The lowest BCUT2D eigenvalue weighted by Crippen LogP contribution is -2.21. The Balaban J connectivity index is 2.07. The molecule has 5 heteroatoms. The van der Waals surface area contributed by atoms with Gasteiger partial charge < -0.3 is 9.47 Å². The van der Waals surface area contributed by atoms with Crippen LogP contribution < -0.4 is 4.74 Å². The van der Waals surface area contributed by atoms with Crippen LogP contribution in [0.4, 0.5) is 0 Å². The van der Waals surface area contributed by atoms with Crippen LogP contribution in [0, 0.1) is 5.92 Å². The average Bonchev–Trinajstić information content (AvgIpc) is 2.97. The van der Waals surface area contributed by atoms with Gasteiger partial charge in [0.25, 0.3) is 0 Å². The predicted molar refractivity (Wildman–Crippen MR) is 84.6 cm³/mol. The highest BCUT2D eigenvalue weighted by Crippen LogP contribution is 2.24. The van der Waals surface area contributed by atoms with Crippen LogP contribution in [0.2, 0.25) is 0 Å². The Kier molecular flexibility index (Phi) is 5.58. The lowest BCUT2D eigenvalue weighted by molar-refractivity contribution is -0.148. The van der Waals surface area contributed by atoms with E-state index in [2.05, 4.69) is 5.10 Å². The molecular weight excluding hydrogens is 280 g/mol. The van der Waals surface area contributed by atoms with Crippen molar-refractivity contribution in [3.8, 4) is 17.1 Å². The Morgan fingerprint density at radius 1 is 1.27 bits per heavy atom. The van der Waals surface area contributed by atoms with Crippen molar-refractivity contribution in [1.82, 2.24) is 9.78 Å². The van der Waals surface area contributed by atoms with Gasteiger partial charge in [-0.2, -0.15) is 0 Å². The molecule has 0 radical (unpaired) electrons. The number of rotatable bonds is 7. The van der Waals surface area contributed by atoms with Gasteiger partial charge in [-0.1, -0.05) is 30.3 Å². The highest BCUT2D eigenvalue weighted by molar-refractivity contribution is 5.72. The molecule has 0 saturated heterocycles. The predicted octanol–water partition coefficient (Wildman–Crippen LogP) is 3.15. The number of aromatic nitrogens is 2. The third-order valence-corrected chi connectivity index (χ3v) is 3.30. The van der Waals surface area contributed by atoms with Crippen LogP contribution >= 0.6 is 0 Å². The third kappa shape index (κ3) is 3.87. The fourth-order valence-corrected chi connectivity index (χ4v) is 2.11. The molecule has 2 aromatic rings. The van der Waals surface area contributed by atoms with Crippen molar-refractivity contribution in [2.24, 2.45) is 5.92 Å². The van der Waals surface area contributed by atoms with E-state index in [1.54, 1.807) is 13.8 Å². The summed E-state index contributed by atoms with van der Waals surface area (Å²) in [6.45, 7) is 7.00. The summed E-state index contributed by atoms with van der Waals surface area (Å²) in [5, 5.41) is 4.42. The maximum Gasteiger partial charge on any atom is 0.312 e. The summed E-state index contributed by atoms with van der Waals surface area (Å²) >= 11 is 0. The van der Waals surface area contributed by atoms with E-state index in [-0.39, 0.29) is 18.5 Å². The number of carbonyl (C=O) groups excluding carboxylic acids is 1. The van der Waals surface area contributed by atoms with Gasteiger partial charge in [-0.25, -0.2) is 0 Å². The molecule has 1 heterocycles. The molecule has 1 unspecified atom stereocenters. The summed E-state index contributed by atoms with van der Waals surface area (Å²) < 4.78 is 12.5. The zero-order valence-corrected chi connectivity index (χ0v) is 13.3. The van der Waals surface area contributed by atoms with Crippen molar-refractivity contribution in [1.29, 1.82) is 0 Å². The molecule has 0 aliphatic heterocycles. The van der Waals surface area contributed by atoms with Crippen molar-refractivity contribution >= 4 is 5.97 Å². The van der Waals surface area contributed by atoms with E-state index in [1.807, 2.05) is 48.0 Å². The molecule has 1 aromatic heterocycles. The van der Waals surface area contributed by atoms with E-state index in [4.69, 9.17) is 9.47 Å². The van der Waals surface area contributed by atoms with Gasteiger partial charge in [-0.15, -0.1) is 5.10 Å². The molecular formula is C17H22N2O3. The summed E-state index contributed by atoms with van der Waals surface area (Å²) in [5.41, 5.74) is 2.09. The van der Waals surface area contributed by atoms with Gasteiger partial charge in [-0.3, -0.25) is 9.48 Å². The lowest BCUT2D eigenvalue weighted by Gasteiger charge is -2.10. The van der Waals surface area contributed by atoms with Gasteiger partial charge >= 0.3 is 5.97 Å². The number of benzene rings is 1. The van der Waals surface area contributed by atoms with Gasteiger partial charge in [0.1, 0.15) is 6.61 Å². The summed E-state index contributed by atoms with van der Waals surface area (Å²) in [5.74, 6) is -0.0375. The first kappa shape index (κ1) is 16.1. The molecule has 22 heavy (non-hydrogen) atoms. The topological polar surface area (TPSA) is 53.4 Å². The van der Waals surface area contributed by atoms with Gasteiger partial charge in [0.15, 0.2) is 0 Å². The second-order valence-electron chi connectivity index (χ2n) is 5.01. The minimum atomic E-state index is -0.313. The third-order valence-electron chi connectivity index (χ3n) is 3.30. The Bertz CT molecular complexity index is 608. The van der Waals surface area contributed by atoms with Gasteiger partial charge in [0.2, 0.25) is 5.88 Å². The Morgan fingerprint density at radius 3 is 2.64 bits per heavy atom. The highest BCUT2D eigenvalue weighted by atomic mass is 16.5. The summed E-state index contributed by atoms with van der Waals surface area (Å²) in [6.07, 6.45) is 0. The molecule has 2 rings (SSSR count). The van der Waals surface area contributed by atoms with E-state index in [1.165, 1.54) is 0 Å². The lowest BCUT2D eigenvalue weighted by atomic mass is 10.1. The van der Waals surface area contributed by atoms with Crippen molar-refractivity contribution in [3.05, 3.63) is 36.4 Å². The van der Waals surface area contributed by atoms with Crippen molar-refractivity contribution in [2.45, 2.75) is 27.3 Å². The van der Waals surface area contributed by atoms with E-state index in [9.17, 15) is 4.79 Å². The molecule has 0 N–H and O–H groups in total. The van der Waals surface area contributed by atoms with Crippen molar-refractivity contribution < 1.29 is 14.3 Å². The van der Waals surface area contributed by atoms with Crippen LogP contribution in [0.1, 0.15) is 20.8 Å². The van der Waals surface area contributed by atoms with Crippen LogP contribution in [-0.2, 0) is 16.1 Å². The zero-order valence-electron chi connectivity index (χ0n) is 13.3. The molecule has 1 atom stereocenters. The monoisotopic (exact) mass is 302 g/mol. The molecule has 0 saturated carbocycles. The van der Waals surface area contributed by atoms with Crippen LogP contribution in [0.15, 0.2) is 36.4 Å². The molecule has 0 fully saturated rings. The van der Waals surface area contributed by atoms with Gasteiger partial charge in [0, 0.05) is 12.6 Å². The number of hydrogen-bond donors (Lipinski definition) is 0. The van der Waals surface area contributed by atoms with Crippen LogP contribution in [0.25, 0.3) is 11.3 Å². The van der Waals surface area contributed by atoms with Gasteiger partial charge in [0.05, 0.1) is 18.2 Å². The number of hydrogen-bond acceptors (Lipinski definition) is 4. The second kappa shape index (κ2) is 7.64. The summed E-state index contributed by atoms with van der Waals surface area (Å²) in [7, 11) is 0. The minimum Gasteiger partial charge on any atom is -0.476 e. The average molecular weight is 302 g/mol. The van der Waals surface area contributed by atoms with Crippen LogP contribution in [0.3, 0.4) is 0 Å². The molecule has 0 spiro atoms. The normalized spacial score (nSPS) is 12.0. The second-order valence-corrected chi connectivity index (χ2v) is 5.01. The number of ether oxygens (including phenoxy) is 2. The smallest absolute Gasteiger partial charge is 0.312 e. The fourth-order valence-electron chi connectivity index (χ4n) is 2.11. The maximum atomic E-state index is 11.6. The molecule has 0 aliphatic rings. The fraction of sp³-hybridized carbons (Fsp3) is 0.412. The molecule has 0 amide bonds. The van der Waals surface area contributed by atoms with E-state index in [0.29, 0.717) is 12.5 Å². The largest absolute Gasteiger partial charge is 0.476 e. The first-order chi connectivity index (χ1) is 10.7. The highest BCUT2D eigenvalue weighted by Gasteiger charge is 2.16. The first-order valence-corrected chi connectivity index (χ1v) is 7.58. The summed E-state index contributed by atoms with van der Waals surface area (Å²) in [4.78, 5) is 11.6. The minimum absolute atomic E-state index is 0.249. The van der Waals surface area contributed by atoms with E-state index >= 15 is 0 Å². The molecule has 0 bridgehead atoms. The SMILES string of the molecule is CCOC(=O)C(C)COc1cc(-c2ccccc2)n(CC)n1. The van der Waals surface area contributed by atoms with Gasteiger partial charge in [-0.05, 0) is 26.3 Å². The first-order valence-electron chi connectivity index (χ1n) is 7.58. The standard InChI is InChI=1S/C17H22N2O3/c1-4-19-15(14-9-7-6-8-10-14)11-16(18-19)22-12-13(3)17(20)21-5-2/h6-11,13H,4-5,12H2,1-3H3. The number of nitrogens with zero attached hydrogens (tertiary/aromatic N) is 2. The van der Waals surface area contributed by atoms with E-state index in [0.717, 1.165) is 17.8 Å². The number of aryl methyl sites for hydroxylation is 1. The maximum absolute atomic E-state index is 11.6. The molecule has 5 nitrogen and oxygen atoms in total. The molecule has 0 aliphatic carbocycles. The van der Waals surface area contributed by atoms with E-state index < -0.39 is 0 Å². The van der Waals surface area contributed by atoms with Crippen molar-refractivity contribution in [3.63, 3.8) is 0 Å². The molecule has 1 aromatic carbocycles. The van der Waals surface area contributed by atoms with Crippen LogP contribution in [-0.4, -0.2) is 29.0 Å². The Morgan fingerprint density at radius 2 is 2.00 bits per heavy atom. The van der Waals surface area contributed by atoms with Crippen molar-refractivity contribution in [2.75, 3.05) is 13.2 Å². The molecule has 118 valence electrons. The Labute approximate surface area is 130 Å². The number of carbonyl (C=O) groups is 1. The summed E-state index contributed by atoms with van der Waals surface area (Å²) in [6, 6.07) is 11.9. The van der Waals surface area contributed by atoms with Crippen LogP contribution in [0.5, 0.6) is 5.88 Å².